The van der Waals surface area contributed by atoms with Gasteiger partial charge in [-0.3, -0.25) is 15.1 Å². The Hall–Kier alpha value is -1.79. The van der Waals surface area contributed by atoms with Crippen LogP contribution in [-0.2, 0) is 13.1 Å². The highest BCUT2D eigenvalue weighted by atomic mass is 32.1. The zero-order valence-corrected chi connectivity index (χ0v) is 10.7. The molecule has 0 bridgehead atoms. The average Bonchev–Trinajstić information content (AvgIpc) is 2.80. The number of hydrogen-bond donors (Lipinski definition) is 1. The molecule has 0 radical (unpaired) electrons. The second-order valence-electron chi connectivity index (χ2n) is 3.92. The van der Waals surface area contributed by atoms with E-state index in [1.807, 2.05) is 19.1 Å². The number of nitrogens with zero attached hydrogens (tertiary/aromatic N) is 2. The van der Waals surface area contributed by atoms with Gasteiger partial charge in [-0.05, 0) is 24.1 Å². The van der Waals surface area contributed by atoms with Crippen molar-refractivity contribution in [2.24, 2.45) is 0 Å². The van der Waals surface area contributed by atoms with Gasteiger partial charge in [0.2, 0.25) is 0 Å². The van der Waals surface area contributed by atoms with Crippen LogP contribution < -0.4 is 5.32 Å². The van der Waals surface area contributed by atoms with Crippen LogP contribution in [-0.4, -0.2) is 9.91 Å². The fraction of sp³-hybridized carbons (Fsp3) is 0.250. The number of pyridine rings is 1. The molecule has 1 N–H and O–H groups in total. The van der Waals surface area contributed by atoms with Crippen molar-refractivity contribution in [1.82, 2.24) is 10.3 Å². The third-order valence-electron chi connectivity index (χ3n) is 2.56. The molecule has 6 heteroatoms. The molecule has 94 valence electrons. The molecule has 2 rings (SSSR count). The van der Waals surface area contributed by atoms with Crippen LogP contribution in [0.4, 0.5) is 5.00 Å². The smallest absolute Gasteiger partial charge is 0.307 e. The van der Waals surface area contributed by atoms with Gasteiger partial charge in [-0.1, -0.05) is 17.4 Å². The van der Waals surface area contributed by atoms with E-state index < -0.39 is 0 Å². The molecule has 18 heavy (non-hydrogen) atoms. The molecular weight excluding hydrogens is 250 g/mol. The first-order valence-corrected chi connectivity index (χ1v) is 6.38. The van der Waals surface area contributed by atoms with Crippen molar-refractivity contribution in [2.45, 2.75) is 20.0 Å². The topological polar surface area (TPSA) is 68.1 Å². The maximum absolute atomic E-state index is 10.5. The molecule has 0 amide bonds. The zero-order valence-electron chi connectivity index (χ0n) is 9.92. The molecule has 0 fully saturated rings. The van der Waals surface area contributed by atoms with Crippen LogP contribution in [0.3, 0.4) is 0 Å². The van der Waals surface area contributed by atoms with E-state index in [-0.39, 0.29) is 9.92 Å². The van der Waals surface area contributed by atoms with Gasteiger partial charge in [0.05, 0.1) is 10.6 Å². The van der Waals surface area contributed by atoms with Crippen LogP contribution >= 0.6 is 11.3 Å². The molecule has 2 aromatic heterocycles. The van der Waals surface area contributed by atoms with E-state index >= 15 is 0 Å². The number of rotatable bonds is 5. The lowest BCUT2D eigenvalue weighted by Gasteiger charge is -2.05. The van der Waals surface area contributed by atoms with Crippen LogP contribution in [0, 0.1) is 17.0 Å². The van der Waals surface area contributed by atoms with E-state index in [2.05, 4.69) is 10.3 Å². The normalized spacial score (nSPS) is 10.5. The van der Waals surface area contributed by atoms with Gasteiger partial charge < -0.3 is 5.32 Å². The summed E-state index contributed by atoms with van der Waals surface area (Å²) in [5.74, 6) is 0. The van der Waals surface area contributed by atoms with Crippen LogP contribution in [0.25, 0.3) is 0 Å². The number of aromatic nitrogens is 1. The molecular formula is C12H13N3O2S. The largest absolute Gasteiger partial charge is 0.324 e. The minimum atomic E-state index is -0.364. The summed E-state index contributed by atoms with van der Waals surface area (Å²) in [6.07, 6.45) is 1.76. The van der Waals surface area contributed by atoms with Gasteiger partial charge in [-0.15, -0.1) is 0 Å². The molecule has 0 atom stereocenters. The molecule has 0 aliphatic rings. The minimum absolute atomic E-state index is 0.181. The molecule has 0 unspecified atom stereocenters. The van der Waals surface area contributed by atoms with Crippen molar-refractivity contribution in [3.8, 4) is 0 Å². The summed E-state index contributed by atoms with van der Waals surface area (Å²) in [6.45, 7) is 3.29. The fourth-order valence-electron chi connectivity index (χ4n) is 1.58. The first kappa shape index (κ1) is 12.7. The van der Waals surface area contributed by atoms with Gasteiger partial charge in [-0.25, -0.2) is 0 Å². The standard InChI is InChI=1S/C12H13N3O2S/c1-9-3-2-4-14-11(9)7-13-6-10-5-12(15(16)17)18-8-10/h2-5,8,13H,6-7H2,1H3. The quantitative estimate of drug-likeness (QED) is 0.665. The predicted octanol–water partition coefficient (Wildman–Crippen LogP) is 2.65. The summed E-state index contributed by atoms with van der Waals surface area (Å²) in [5, 5.41) is 15.8. The number of nitro groups is 1. The molecule has 0 aliphatic heterocycles. The molecule has 0 aromatic carbocycles. The lowest BCUT2D eigenvalue weighted by atomic mass is 10.2. The third kappa shape index (κ3) is 3.12. The summed E-state index contributed by atoms with van der Waals surface area (Å²) < 4.78 is 0. The van der Waals surface area contributed by atoms with Crippen LogP contribution in [0.1, 0.15) is 16.8 Å². The van der Waals surface area contributed by atoms with E-state index in [0.717, 1.165) is 28.2 Å². The lowest BCUT2D eigenvalue weighted by Crippen LogP contribution is -2.14. The Morgan fingerprint density at radius 3 is 3.00 bits per heavy atom. The summed E-state index contributed by atoms with van der Waals surface area (Å²) in [6, 6.07) is 5.52. The summed E-state index contributed by atoms with van der Waals surface area (Å²) in [4.78, 5) is 14.5. The Balaban J connectivity index is 1.88. The molecule has 2 aromatic rings. The first-order chi connectivity index (χ1) is 8.66. The monoisotopic (exact) mass is 263 g/mol. The van der Waals surface area contributed by atoms with Crippen LogP contribution in [0.15, 0.2) is 29.8 Å². The third-order valence-corrected chi connectivity index (χ3v) is 3.49. The molecule has 5 nitrogen and oxygen atoms in total. The van der Waals surface area contributed by atoms with Crippen molar-refractivity contribution < 1.29 is 4.92 Å². The minimum Gasteiger partial charge on any atom is -0.307 e. The Morgan fingerprint density at radius 1 is 1.50 bits per heavy atom. The van der Waals surface area contributed by atoms with Crippen molar-refractivity contribution in [3.05, 3.63) is 56.7 Å². The van der Waals surface area contributed by atoms with Crippen LogP contribution in [0.5, 0.6) is 0 Å². The van der Waals surface area contributed by atoms with E-state index in [1.54, 1.807) is 17.6 Å². The molecule has 0 spiro atoms. The van der Waals surface area contributed by atoms with Gasteiger partial charge in [-0.2, -0.15) is 0 Å². The molecule has 0 saturated heterocycles. The van der Waals surface area contributed by atoms with Gasteiger partial charge in [0.1, 0.15) is 0 Å². The van der Waals surface area contributed by atoms with E-state index in [1.165, 1.54) is 0 Å². The second-order valence-corrected chi connectivity index (χ2v) is 4.81. The highest BCUT2D eigenvalue weighted by Crippen LogP contribution is 2.22. The maximum Gasteiger partial charge on any atom is 0.324 e. The number of hydrogen-bond acceptors (Lipinski definition) is 5. The van der Waals surface area contributed by atoms with Crippen molar-refractivity contribution in [1.29, 1.82) is 0 Å². The van der Waals surface area contributed by atoms with Gasteiger partial charge in [0.25, 0.3) is 0 Å². The Morgan fingerprint density at radius 2 is 2.33 bits per heavy atom. The van der Waals surface area contributed by atoms with Crippen molar-refractivity contribution in [3.63, 3.8) is 0 Å². The van der Waals surface area contributed by atoms with Crippen LogP contribution in [0.2, 0.25) is 0 Å². The Labute approximate surface area is 109 Å². The van der Waals surface area contributed by atoms with E-state index in [4.69, 9.17) is 0 Å². The second kappa shape index (κ2) is 5.70. The zero-order chi connectivity index (χ0) is 13.0. The Kier molecular flexibility index (Phi) is 4.01. The van der Waals surface area contributed by atoms with Gasteiger partial charge in [0, 0.05) is 30.7 Å². The highest BCUT2D eigenvalue weighted by Gasteiger charge is 2.09. The maximum atomic E-state index is 10.5. The molecule has 0 aliphatic carbocycles. The predicted molar refractivity (Wildman–Crippen MR) is 70.5 cm³/mol. The van der Waals surface area contributed by atoms with E-state index in [9.17, 15) is 10.1 Å². The fourth-order valence-corrected chi connectivity index (χ4v) is 2.31. The Bertz CT molecular complexity index is 554. The average molecular weight is 263 g/mol. The van der Waals surface area contributed by atoms with Crippen molar-refractivity contribution in [2.75, 3.05) is 0 Å². The molecule has 0 saturated carbocycles. The number of aryl methyl sites for hydroxylation is 1. The van der Waals surface area contributed by atoms with E-state index in [0.29, 0.717) is 13.1 Å². The van der Waals surface area contributed by atoms with Gasteiger partial charge >= 0.3 is 5.00 Å². The summed E-state index contributed by atoms with van der Waals surface area (Å²) in [5.41, 5.74) is 3.07. The van der Waals surface area contributed by atoms with Gasteiger partial charge in [0.15, 0.2) is 0 Å². The van der Waals surface area contributed by atoms with Crippen molar-refractivity contribution >= 4 is 16.3 Å². The number of thiophene rings is 1. The highest BCUT2D eigenvalue weighted by molar-refractivity contribution is 7.13. The summed E-state index contributed by atoms with van der Waals surface area (Å²) in [7, 11) is 0. The number of nitrogens with one attached hydrogen (secondary N) is 1. The SMILES string of the molecule is Cc1cccnc1CNCc1csc([N+](=O)[O-])c1. The first-order valence-electron chi connectivity index (χ1n) is 5.50. The summed E-state index contributed by atoms with van der Waals surface area (Å²) >= 11 is 1.15. The lowest BCUT2D eigenvalue weighted by molar-refractivity contribution is -0.380. The molecule has 2 heterocycles.